The van der Waals surface area contributed by atoms with Crippen molar-refractivity contribution in [2.45, 2.75) is 45.3 Å². The van der Waals surface area contributed by atoms with Crippen LogP contribution in [0.4, 0.5) is 5.82 Å². The number of piperidine rings is 1. The summed E-state index contributed by atoms with van der Waals surface area (Å²) >= 11 is 0. The van der Waals surface area contributed by atoms with E-state index in [1.165, 1.54) is 19.3 Å². The van der Waals surface area contributed by atoms with Crippen LogP contribution in [0.25, 0.3) is 0 Å². The van der Waals surface area contributed by atoms with E-state index in [2.05, 4.69) is 36.7 Å². The molecule has 29 heavy (non-hydrogen) atoms. The highest BCUT2D eigenvalue weighted by Crippen LogP contribution is 2.19. The van der Waals surface area contributed by atoms with Crippen molar-refractivity contribution in [1.29, 1.82) is 0 Å². The van der Waals surface area contributed by atoms with Gasteiger partial charge in [0, 0.05) is 44.6 Å². The molecule has 0 spiro atoms. The Morgan fingerprint density at radius 3 is 2.76 bits per heavy atom. The highest BCUT2D eigenvalue weighted by atomic mass is 16.3. The maximum absolute atomic E-state index is 10.8. The smallest absolute Gasteiger partial charge is 0.191 e. The molecule has 1 aliphatic heterocycles. The summed E-state index contributed by atoms with van der Waals surface area (Å²) in [7, 11) is 1.84. The number of aryl methyl sites for hydroxylation is 1. The molecule has 158 valence electrons. The zero-order valence-electron chi connectivity index (χ0n) is 17.7. The largest absolute Gasteiger partial charge is 0.383 e. The maximum Gasteiger partial charge on any atom is 0.191 e. The van der Waals surface area contributed by atoms with E-state index in [1.807, 2.05) is 32.4 Å². The lowest BCUT2D eigenvalue weighted by molar-refractivity contribution is 0.0616. The highest BCUT2D eigenvalue weighted by Gasteiger charge is 2.25. The van der Waals surface area contributed by atoms with Gasteiger partial charge in [0.1, 0.15) is 11.4 Å². The standard InChI is InChI=1S/C21H33N7O/c1-4-22-20(25-16-21(2,29)18-14-26-27(3)15-18)24-13-17-8-9-23-19(12-17)28-10-6-5-7-11-28/h8-9,12,14-15,29H,4-7,10-11,13,16H2,1-3H3,(H2,22,24,25). The van der Waals surface area contributed by atoms with E-state index in [1.54, 1.807) is 17.8 Å². The minimum absolute atomic E-state index is 0.333. The molecule has 2 aromatic rings. The summed E-state index contributed by atoms with van der Waals surface area (Å²) in [5, 5.41) is 21.4. The first-order valence-electron chi connectivity index (χ1n) is 10.4. The number of nitrogens with one attached hydrogen (secondary N) is 2. The van der Waals surface area contributed by atoms with Gasteiger partial charge < -0.3 is 20.6 Å². The predicted octanol–water partition coefficient (Wildman–Crippen LogP) is 1.77. The van der Waals surface area contributed by atoms with Gasteiger partial charge in [-0.05, 0) is 50.8 Å². The summed E-state index contributed by atoms with van der Waals surface area (Å²) < 4.78 is 1.69. The molecule has 0 bridgehead atoms. The Morgan fingerprint density at radius 1 is 1.28 bits per heavy atom. The van der Waals surface area contributed by atoms with Gasteiger partial charge >= 0.3 is 0 Å². The van der Waals surface area contributed by atoms with Crippen molar-refractivity contribution in [1.82, 2.24) is 25.4 Å². The normalized spacial score (nSPS) is 17.1. The predicted molar refractivity (Wildman–Crippen MR) is 116 cm³/mol. The number of aromatic nitrogens is 3. The van der Waals surface area contributed by atoms with Crippen molar-refractivity contribution in [3.8, 4) is 0 Å². The molecule has 3 rings (SSSR count). The number of anilines is 1. The average Bonchev–Trinajstić information content (AvgIpc) is 3.18. The van der Waals surface area contributed by atoms with Gasteiger partial charge in [-0.25, -0.2) is 9.98 Å². The lowest BCUT2D eigenvalue weighted by atomic mass is 10.00. The molecule has 3 heterocycles. The fourth-order valence-electron chi connectivity index (χ4n) is 3.42. The number of rotatable bonds is 7. The molecular formula is C21H33N7O. The number of guanidine groups is 1. The number of nitrogens with zero attached hydrogens (tertiary/aromatic N) is 5. The van der Waals surface area contributed by atoms with Crippen LogP contribution in [0.2, 0.25) is 0 Å². The van der Waals surface area contributed by atoms with E-state index in [9.17, 15) is 5.11 Å². The second-order valence-corrected chi connectivity index (χ2v) is 7.80. The molecule has 8 heteroatoms. The number of aliphatic hydroxyl groups is 1. The molecule has 1 saturated heterocycles. The van der Waals surface area contributed by atoms with Crippen molar-refractivity contribution in [2.75, 3.05) is 31.1 Å². The van der Waals surface area contributed by atoms with Crippen LogP contribution in [-0.2, 0) is 19.2 Å². The summed E-state index contributed by atoms with van der Waals surface area (Å²) in [4.78, 5) is 11.6. The molecule has 1 fully saturated rings. The molecule has 1 aliphatic rings. The van der Waals surface area contributed by atoms with Crippen LogP contribution in [0.1, 0.15) is 44.2 Å². The second-order valence-electron chi connectivity index (χ2n) is 7.80. The van der Waals surface area contributed by atoms with E-state index >= 15 is 0 Å². The van der Waals surface area contributed by atoms with Crippen LogP contribution < -0.4 is 15.5 Å². The van der Waals surface area contributed by atoms with E-state index in [0.717, 1.165) is 36.6 Å². The lowest BCUT2D eigenvalue weighted by Crippen LogP contribution is -2.44. The molecular weight excluding hydrogens is 366 g/mol. The van der Waals surface area contributed by atoms with Gasteiger partial charge in [-0.15, -0.1) is 0 Å². The summed E-state index contributed by atoms with van der Waals surface area (Å²) in [6.07, 6.45) is 9.14. The first kappa shape index (κ1) is 21.1. The minimum Gasteiger partial charge on any atom is -0.383 e. The zero-order chi connectivity index (χ0) is 20.7. The molecule has 0 aliphatic carbocycles. The van der Waals surface area contributed by atoms with Gasteiger partial charge in [-0.3, -0.25) is 4.68 Å². The van der Waals surface area contributed by atoms with E-state index in [4.69, 9.17) is 0 Å². The molecule has 8 nitrogen and oxygen atoms in total. The fraction of sp³-hybridized carbons (Fsp3) is 0.571. The van der Waals surface area contributed by atoms with Gasteiger partial charge in [-0.2, -0.15) is 5.10 Å². The quantitative estimate of drug-likeness (QED) is 0.486. The van der Waals surface area contributed by atoms with Crippen molar-refractivity contribution in [3.05, 3.63) is 41.9 Å². The number of pyridine rings is 1. The third kappa shape index (κ3) is 5.93. The Kier molecular flexibility index (Phi) is 7.09. The maximum atomic E-state index is 10.8. The highest BCUT2D eigenvalue weighted by molar-refractivity contribution is 5.79. The summed E-state index contributed by atoms with van der Waals surface area (Å²) in [6.45, 7) is 7.58. The van der Waals surface area contributed by atoms with Gasteiger partial charge in [0.15, 0.2) is 5.96 Å². The van der Waals surface area contributed by atoms with Gasteiger partial charge in [0.05, 0.1) is 19.3 Å². The Balaban J connectivity index is 1.63. The van der Waals surface area contributed by atoms with Gasteiger partial charge in [0.25, 0.3) is 0 Å². The van der Waals surface area contributed by atoms with Crippen LogP contribution in [-0.4, -0.2) is 52.0 Å². The van der Waals surface area contributed by atoms with Crippen LogP contribution in [0.15, 0.2) is 35.7 Å². The topological polar surface area (TPSA) is 90.6 Å². The Bertz CT molecular complexity index is 809. The van der Waals surface area contributed by atoms with Gasteiger partial charge in [0.2, 0.25) is 0 Å². The van der Waals surface area contributed by atoms with E-state index in [0.29, 0.717) is 19.0 Å². The van der Waals surface area contributed by atoms with Crippen molar-refractivity contribution >= 4 is 11.8 Å². The Labute approximate surface area is 173 Å². The summed E-state index contributed by atoms with van der Waals surface area (Å²) in [5.41, 5.74) is 0.850. The molecule has 1 atom stereocenters. The Hall–Kier alpha value is -2.61. The first-order chi connectivity index (χ1) is 14.0. The molecule has 3 N–H and O–H groups in total. The fourth-order valence-corrected chi connectivity index (χ4v) is 3.42. The SMILES string of the molecule is CCNC(=NCc1ccnc(N2CCCCC2)c1)NCC(C)(O)c1cnn(C)c1. The van der Waals surface area contributed by atoms with Gasteiger partial charge in [-0.1, -0.05) is 0 Å². The monoisotopic (exact) mass is 399 g/mol. The number of aliphatic imine (C=N–C) groups is 1. The molecule has 0 saturated carbocycles. The van der Waals surface area contributed by atoms with E-state index < -0.39 is 5.60 Å². The minimum atomic E-state index is -1.04. The van der Waals surface area contributed by atoms with Crippen LogP contribution in [0.3, 0.4) is 0 Å². The van der Waals surface area contributed by atoms with Crippen LogP contribution in [0, 0.1) is 0 Å². The number of hydrogen-bond acceptors (Lipinski definition) is 5. The zero-order valence-corrected chi connectivity index (χ0v) is 17.7. The Morgan fingerprint density at radius 2 is 2.07 bits per heavy atom. The summed E-state index contributed by atoms with van der Waals surface area (Å²) in [6, 6.07) is 4.14. The van der Waals surface area contributed by atoms with Crippen molar-refractivity contribution < 1.29 is 5.11 Å². The lowest BCUT2D eigenvalue weighted by Gasteiger charge is -2.27. The van der Waals surface area contributed by atoms with Crippen LogP contribution in [0.5, 0.6) is 0 Å². The number of hydrogen-bond donors (Lipinski definition) is 3. The third-order valence-corrected chi connectivity index (χ3v) is 5.18. The third-order valence-electron chi connectivity index (χ3n) is 5.18. The average molecular weight is 400 g/mol. The van der Waals surface area contributed by atoms with Crippen molar-refractivity contribution in [2.24, 2.45) is 12.0 Å². The summed E-state index contributed by atoms with van der Waals surface area (Å²) in [5.74, 6) is 1.71. The van der Waals surface area contributed by atoms with E-state index in [-0.39, 0.29) is 0 Å². The molecule has 0 radical (unpaired) electrons. The first-order valence-corrected chi connectivity index (χ1v) is 10.4. The van der Waals surface area contributed by atoms with Crippen LogP contribution >= 0.6 is 0 Å². The molecule has 0 amide bonds. The molecule has 0 aromatic carbocycles. The molecule has 2 aromatic heterocycles. The molecule has 1 unspecified atom stereocenters. The second kappa shape index (κ2) is 9.73. The van der Waals surface area contributed by atoms with Crippen molar-refractivity contribution in [3.63, 3.8) is 0 Å².